The number of aromatic amines is 1. The summed E-state index contributed by atoms with van der Waals surface area (Å²) >= 11 is 0. The minimum absolute atomic E-state index is 0.114. The quantitative estimate of drug-likeness (QED) is 0.471. The second kappa shape index (κ2) is 7.86. The van der Waals surface area contributed by atoms with Crippen LogP contribution in [0.4, 0.5) is 0 Å². The van der Waals surface area contributed by atoms with Gasteiger partial charge in [0.2, 0.25) is 0 Å². The summed E-state index contributed by atoms with van der Waals surface area (Å²) in [6.45, 7) is 1.32. The van der Waals surface area contributed by atoms with Crippen molar-refractivity contribution >= 4 is 21.0 Å². The van der Waals surface area contributed by atoms with E-state index in [0.717, 1.165) is 27.9 Å². The number of nitrogens with zero attached hydrogens (tertiary/aromatic N) is 5. The van der Waals surface area contributed by atoms with Crippen LogP contribution in [0, 0.1) is 5.92 Å². The standard InChI is InChI=1S/C21H22N6O3S/c1-31(28,29)7-5-17(16-11-30-12-16)14-2-3-19(23-8-14)27-10-15(9-26-27)18-4-6-22-21-20(18)24-13-25-21/h2-4,6,8-10,13,16-17H,5,7,11-12H2,1H3,(H,22,24,25). The van der Waals surface area contributed by atoms with E-state index in [4.69, 9.17) is 4.74 Å². The molecular formula is C21H22N6O3S. The Bertz CT molecular complexity index is 1310. The van der Waals surface area contributed by atoms with Gasteiger partial charge in [-0.3, -0.25) is 0 Å². The molecule has 0 bridgehead atoms. The van der Waals surface area contributed by atoms with Crippen LogP contribution in [0.1, 0.15) is 17.9 Å². The van der Waals surface area contributed by atoms with Crippen molar-refractivity contribution in [1.82, 2.24) is 29.7 Å². The molecule has 1 atom stereocenters. The van der Waals surface area contributed by atoms with Gasteiger partial charge < -0.3 is 9.72 Å². The molecule has 0 amide bonds. The molecule has 1 unspecified atom stereocenters. The van der Waals surface area contributed by atoms with Gasteiger partial charge in [0.15, 0.2) is 11.5 Å². The molecule has 0 aliphatic carbocycles. The number of fused-ring (bicyclic) bond motifs is 1. The zero-order valence-electron chi connectivity index (χ0n) is 17.0. The van der Waals surface area contributed by atoms with Crippen molar-refractivity contribution in [1.29, 1.82) is 0 Å². The third-order valence-electron chi connectivity index (χ3n) is 5.68. The van der Waals surface area contributed by atoms with Crippen LogP contribution in [0.15, 0.2) is 49.3 Å². The number of nitrogens with one attached hydrogen (secondary N) is 1. The van der Waals surface area contributed by atoms with E-state index in [1.54, 1.807) is 23.4 Å². The zero-order chi connectivity index (χ0) is 21.4. The number of rotatable bonds is 7. The maximum absolute atomic E-state index is 11.7. The van der Waals surface area contributed by atoms with Crippen LogP contribution < -0.4 is 0 Å². The average Bonchev–Trinajstić information content (AvgIpc) is 3.38. The lowest BCUT2D eigenvalue weighted by Crippen LogP contribution is -2.34. The molecule has 5 rings (SSSR count). The number of sulfone groups is 1. The Kier molecular flexibility index (Phi) is 5.03. The number of imidazole rings is 1. The molecule has 4 aromatic rings. The molecule has 5 heterocycles. The Balaban J connectivity index is 1.39. The fourth-order valence-electron chi connectivity index (χ4n) is 3.92. The van der Waals surface area contributed by atoms with Gasteiger partial charge in [-0.15, -0.1) is 0 Å². The predicted octanol–water partition coefficient (Wildman–Crippen LogP) is 2.37. The molecule has 0 spiro atoms. The van der Waals surface area contributed by atoms with Crippen LogP contribution in [-0.2, 0) is 14.6 Å². The second-order valence-corrected chi connectivity index (χ2v) is 10.2. The van der Waals surface area contributed by atoms with Crippen molar-refractivity contribution in [3.63, 3.8) is 0 Å². The maximum Gasteiger partial charge on any atom is 0.157 e. The highest BCUT2D eigenvalue weighted by Gasteiger charge is 2.30. The summed E-state index contributed by atoms with van der Waals surface area (Å²) in [4.78, 5) is 16.2. The molecule has 0 radical (unpaired) electrons. The monoisotopic (exact) mass is 438 g/mol. The van der Waals surface area contributed by atoms with Crippen molar-refractivity contribution in [2.45, 2.75) is 12.3 Å². The van der Waals surface area contributed by atoms with Crippen molar-refractivity contribution in [3.8, 4) is 16.9 Å². The Labute approximate surface area is 179 Å². The molecule has 31 heavy (non-hydrogen) atoms. The van der Waals surface area contributed by atoms with E-state index >= 15 is 0 Å². The molecule has 0 saturated carbocycles. The first-order valence-corrected chi connectivity index (χ1v) is 12.1. The Morgan fingerprint density at radius 2 is 2.06 bits per heavy atom. The van der Waals surface area contributed by atoms with E-state index in [1.165, 1.54) is 6.26 Å². The van der Waals surface area contributed by atoms with Crippen LogP contribution >= 0.6 is 0 Å². The fraction of sp³-hybridized carbons (Fsp3) is 0.333. The fourth-order valence-corrected chi connectivity index (χ4v) is 4.60. The van der Waals surface area contributed by atoms with E-state index < -0.39 is 9.84 Å². The van der Waals surface area contributed by atoms with Crippen molar-refractivity contribution in [3.05, 3.63) is 54.9 Å². The van der Waals surface area contributed by atoms with Gasteiger partial charge in [-0.2, -0.15) is 5.10 Å². The summed E-state index contributed by atoms with van der Waals surface area (Å²) in [5.41, 5.74) is 4.41. The molecule has 4 aromatic heterocycles. The SMILES string of the molecule is CS(=O)(=O)CCC(c1ccc(-n2cc(-c3ccnc4[nH]cnc34)cn2)nc1)C1COC1. The number of pyridine rings is 2. The topological polar surface area (TPSA) is 116 Å². The predicted molar refractivity (Wildman–Crippen MR) is 116 cm³/mol. The Morgan fingerprint density at radius 1 is 1.19 bits per heavy atom. The normalized spacial score (nSPS) is 15.8. The summed E-state index contributed by atoms with van der Waals surface area (Å²) < 4.78 is 30.4. The molecule has 1 saturated heterocycles. The zero-order valence-corrected chi connectivity index (χ0v) is 17.8. The van der Waals surface area contributed by atoms with Crippen LogP contribution in [0.5, 0.6) is 0 Å². The molecule has 9 nitrogen and oxygen atoms in total. The average molecular weight is 439 g/mol. The third kappa shape index (κ3) is 4.08. The molecule has 1 aliphatic heterocycles. The highest BCUT2D eigenvalue weighted by Crippen LogP contribution is 2.33. The van der Waals surface area contributed by atoms with Gasteiger partial charge in [0.05, 0.1) is 31.5 Å². The molecule has 10 heteroatoms. The molecule has 160 valence electrons. The molecule has 1 aliphatic rings. The highest BCUT2D eigenvalue weighted by molar-refractivity contribution is 7.90. The maximum atomic E-state index is 11.7. The number of aromatic nitrogens is 6. The van der Waals surface area contributed by atoms with E-state index in [2.05, 4.69) is 25.0 Å². The number of H-pyrrole nitrogens is 1. The van der Waals surface area contributed by atoms with Gasteiger partial charge in [0.1, 0.15) is 15.4 Å². The van der Waals surface area contributed by atoms with Gasteiger partial charge in [0.25, 0.3) is 0 Å². The van der Waals surface area contributed by atoms with E-state index in [9.17, 15) is 8.42 Å². The van der Waals surface area contributed by atoms with Gasteiger partial charge in [0, 0.05) is 41.9 Å². The highest BCUT2D eigenvalue weighted by atomic mass is 32.2. The van der Waals surface area contributed by atoms with Crippen LogP contribution in [-0.4, -0.2) is 63.4 Å². The lowest BCUT2D eigenvalue weighted by atomic mass is 9.83. The number of hydrogen-bond acceptors (Lipinski definition) is 7. The van der Waals surface area contributed by atoms with Gasteiger partial charge >= 0.3 is 0 Å². The van der Waals surface area contributed by atoms with E-state index in [0.29, 0.717) is 31.4 Å². The largest absolute Gasteiger partial charge is 0.381 e. The van der Waals surface area contributed by atoms with Crippen LogP contribution in [0.2, 0.25) is 0 Å². The number of hydrogen-bond donors (Lipinski definition) is 1. The first-order valence-electron chi connectivity index (χ1n) is 10.0. The van der Waals surface area contributed by atoms with Gasteiger partial charge in [-0.05, 0) is 30.0 Å². The summed E-state index contributed by atoms with van der Waals surface area (Å²) in [6.07, 6.45) is 10.7. The lowest BCUT2D eigenvalue weighted by Gasteiger charge is -2.34. The first-order chi connectivity index (χ1) is 15.0. The summed E-state index contributed by atoms with van der Waals surface area (Å²) in [5, 5.41) is 4.46. The molecule has 1 fully saturated rings. The Morgan fingerprint density at radius 3 is 2.77 bits per heavy atom. The number of ether oxygens (including phenoxy) is 1. The van der Waals surface area contributed by atoms with Crippen molar-refractivity contribution in [2.75, 3.05) is 25.2 Å². The smallest absolute Gasteiger partial charge is 0.157 e. The Hall–Kier alpha value is -3.11. The van der Waals surface area contributed by atoms with Gasteiger partial charge in [-0.1, -0.05) is 6.07 Å². The molecular weight excluding hydrogens is 416 g/mol. The molecule has 1 N–H and O–H groups in total. The summed E-state index contributed by atoms with van der Waals surface area (Å²) in [7, 11) is -3.02. The van der Waals surface area contributed by atoms with Crippen molar-refractivity contribution in [2.24, 2.45) is 5.92 Å². The van der Waals surface area contributed by atoms with E-state index in [1.807, 2.05) is 30.6 Å². The second-order valence-electron chi connectivity index (χ2n) is 7.90. The summed E-state index contributed by atoms with van der Waals surface area (Å²) in [5.74, 6) is 1.29. The van der Waals surface area contributed by atoms with Crippen LogP contribution in [0.25, 0.3) is 28.1 Å². The lowest BCUT2D eigenvalue weighted by molar-refractivity contribution is -0.0455. The summed E-state index contributed by atoms with van der Waals surface area (Å²) in [6, 6.07) is 5.83. The van der Waals surface area contributed by atoms with Gasteiger partial charge in [-0.25, -0.2) is 28.1 Å². The van der Waals surface area contributed by atoms with E-state index in [-0.39, 0.29) is 11.7 Å². The van der Waals surface area contributed by atoms with Crippen molar-refractivity contribution < 1.29 is 13.2 Å². The first kappa shape index (κ1) is 19.8. The third-order valence-corrected chi connectivity index (χ3v) is 6.66. The molecule has 0 aromatic carbocycles. The van der Waals surface area contributed by atoms with Crippen LogP contribution in [0.3, 0.4) is 0 Å². The minimum atomic E-state index is -3.02. The minimum Gasteiger partial charge on any atom is -0.381 e.